The van der Waals surface area contributed by atoms with E-state index in [2.05, 4.69) is 36.4 Å². The number of amides is 4. The van der Waals surface area contributed by atoms with Gasteiger partial charge in [-0.05, 0) is 55.4 Å². The van der Waals surface area contributed by atoms with E-state index in [1.807, 2.05) is 21.1 Å². The van der Waals surface area contributed by atoms with Crippen LogP contribution in [0, 0.1) is 0 Å². The molecule has 4 N–H and O–H groups in total. The zero-order valence-electron chi connectivity index (χ0n) is 31.4. The van der Waals surface area contributed by atoms with Crippen LogP contribution >= 0.6 is 11.3 Å². The molecule has 21 nitrogen and oxygen atoms in total. The van der Waals surface area contributed by atoms with Gasteiger partial charge in [-0.3, -0.25) is 24.3 Å². The van der Waals surface area contributed by atoms with Crippen molar-refractivity contribution in [3.05, 3.63) is 23.0 Å². The molecule has 2 aromatic heterocycles. The van der Waals surface area contributed by atoms with E-state index < -0.39 is 68.8 Å². The number of β-lactam (4-membered cyclic amide) rings is 1. The minimum atomic E-state index is -5.09. The summed E-state index contributed by atoms with van der Waals surface area (Å²) in [6.07, 6.45) is 0.559. The fraction of sp³-hybridized carbons (Fsp3) is 0.633. The number of ether oxygens (including phenoxy) is 2. The van der Waals surface area contributed by atoms with Gasteiger partial charge in [-0.1, -0.05) is 10.4 Å². The molecule has 2 atom stereocenters. The normalized spacial score (nSPS) is 17.1. The maximum Gasteiger partial charge on any atom is 0.413 e. The van der Waals surface area contributed by atoms with E-state index in [0.717, 1.165) is 11.3 Å². The lowest BCUT2D eigenvalue weighted by Gasteiger charge is -2.43. The third-order valence-electron chi connectivity index (χ3n) is 6.57. The first kappa shape index (κ1) is 42.7. The first-order chi connectivity index (χ1) is 24.0. The van der Waals surface area contributed by atoms with Gasteiger partial charge in [0, 0.05) is 5.38 Å². The fourth-order valence-corrected chi connectivity index (χ4v) is 5.91. The van der Waals surface area contributed by atoms with Gasteiger partial charge in [-0.2, -0.15) is 8.42 Å². The average Bonchev–Trinajstić information content (AvgIpc) is 3.60. The molecule has 1 fully saturated rings. The van der Waals surface area contributed by atoms with Crippen molar-refractivity contribution < 1.29 is 55.7 Å². The van der Waals surface area contributed by atoms with Crippen LogP contribution in [-0.2, 0) is 56.9 Å². The lowest BCUT2D eigenvalue weighted by atomic mass is 9.98. The summed E-state index contributed by atoms with van der Waals surface area (Å²) in [6, 6.07) is -2.95. The quantitative estimate of drug-likeness (QED) is 0.0506. The van der Waals surface area contributed by atoms with Gasteiger partial charge < -0.3 is 29.4 Å². The molecule has 0 saturated carbocycles. The van der Waals surface area contributed by atoms with Crippen LogP contribution in [0.1, 0.15) is 66.8 Å². The predicted molar refractivity (Wildman–Crippen MR) is 188 cm³/mol. The monoisotopic (exact) mass is 787 g/mol. The van der Waals surface area contributed by atoms with E-state index >= 15 is 0 Å². The van der Waals surface area contributed by atoms with Gasteiger partial charge in [0.15, 0.2) is 17.4 Å². The molecule has 3 heterocycles. The molecule has 0 aromatic carbocycles. The van der Waals surface area contributed by atoms with Crippen LogP contribution in [0.4, 0.5) is 9.93 Å². The topological polar surface area (TPSA) is 263 Å². The Labute approximate surface area is 310 Å². The number of quaternary nitrogens is 1. The zero-order valence-corrected chi connectivity index (χ0v) is 33.0. The Morgan fingerprint density at radius 3 is 2.23 bits per heavy atom. The molecule has 0 aliphatic carbocycles. The highest BCUT2D eigenvalue weighted by Crippen LogP contribution is 2.26. The van der Waals surface area contributed by atoms with Gasteiger partial charge in [-0.15, -0.1) is 16.4 Å². The number of thiazole rings is 1. The molecule has 0 bridgehead atoms. The number of nitrogens with one attached hydrogen (secondary N) is 3. The molecule has 2 aromatic rings. The molecule has 1 saturated heterocycles. The summed E-state index contributed by atoms with van der Waals surface area (Å²) in [6.45, 7) is 12.4. The van der Waals surface area contributed by atoms with E-state index in [1.54, 1.807) is 41.5 Å². The maximum absolute atomic E-state index is 13.8. The summed E-state index contributed by atoms with van der Waals surface area (Å²) in [7, 11) is 0.442. The van der Waals surface area contributed by atoms with E-state index in [-0.39, 0.29) is 40.7 Å². The second-order valence-corrected chi connectivity index (χ2v) is 17.6. The van der Waals surface area contributed by atoms with E-state index in [9.17, 15) is 36.9 Å². The molecule has 294 valence electrons. The Morgan fingerprint density at radius 1 is 1.04 bits per heavy atom. The number of anilines is 1. The highest BCUT2D eigenvalue weighted by Gasteiger charge is 2.54. The Bertz CT molecular complexity index is 1850. The molecule has 1 aliphatic rings. The Hall–Kier alpha value is -4.74. The largest absolute Gasteiger partial charge is 0.457 e. The number of likely N-dealkylation sites (N-methyl/N-ethyl adjacent to an activating group) is 1. The smallest absolute Gasteiger partial charge is 0.413 e. The number of nitrogens with zero attached hydrogens (tertiary/aromatic N) is 7. The number of rotatable bonds is 14. The van der Waals surface area contributed by atoms with Crippen molar-refractivity contribution in [1.29, 1.82) is 0 Å². The van der Waals surface area contributed by atoms with Gasteiger partial charge in [0.05, 0.1) is 46.5 Å². The summed E-state index contributed by atoms with van der Waals surface area (Å²) in [5.41, 5.74) is -3.88. The molecule has 0 radical (unpaired) electrons. The predicted octanol–water partition coefficient (Wildman–Crippen LogP) is 0.444. The summed E-state index contributed by atoms with van der Waals surface area (Å²) in [5, 5.41) is 20.6. The molecule has 0 unspecified atom stereocenters. The van der Waals surface area contributed by atoms with Crippen LogP contribution in [0.15, 0.2) is 16.7 Å². The third-order valence-corrected chi connectivity index (χ3v) is 8.28. The van der Waals surface area contributed by atoms with Crippen LogP contribution < -0.4 is 16.0 Å². The lowest BCUT2D eigenvalue weighted by molar-refractivity contribution is -0.862. The van der Waals surface area contributed by atoms with Crippen molar-refractivity contribution in [3.63, 3.8) is 0 Å². The summed E-state index contributed by atoms with van der Waals surface area (Å²) < 4.78 is 46.5. The number of hydrogen-bond acceptors (Lipinski definition) is 15. The van der Waals surface area contributed by atoms with Crippen LogP contribution in [0.2, 0.25) is 0 Å². The van der Waals surface area contributed by atoms with Crippen molar-refractivity contribution in [3.8, 4) is 0 Å². The molecule has 23 heteroatoms. The first-order valence-electron chi connectivity index (χ1n) is 16.1. The van der Waals surface area contributed by atoms with Crippen LogP contribution in [0.25, 0.3) is 0 Å². The Balaban J connectivity index is 1.89. The number of esters is 1. The summed E-state index contributed by atoms with van der Waals surface area (Å²) in [5.74, 6) is -3.35. The van der Waals surface area contributed by atoms with E-state index in [4.69, 9.17) is 14.3 Å². The van der Waals surface area contributed by atoms with Crippen LogP contribution in [-0.4, -0.2) is 134 Å². The van der Waals surface area contributed by atoms with Crippen molar-refractivity contribution in [1.82, 2.24) is 34.9 Å². The maximum atomic E-state index is 13.8. The summed E-state index contributed by atoms with van der Waals surface area (Å²) in [4.78, 5) is 73.9. The minimum Gasteiger partial charge on any atom is -0.457 e. The Kier molecular flexibility index (Phi) is 12.6. The minimum absolute atomic E-state index is 0.00247. The molecular weight excluding hydrogens is 741 g/mol. The van der Waals surface area contributed by atoms with Crippen molar-refractivity contribution in [2.45, 2.75) is 97.4 Å². The van der Waals surface area contributed by atoms with Gasteiger partial charge in [0.25, 0.3) is 17.7 Å². The average molecular weight is 788 g/mol. The number of oxime groups is 1. The molecule has 4 amide bonds. The third kappa shape index (κ3) is 12.7. The van der Waals surface area contributed by atoms with Crippen molar-refractivity contribution in [2.24, 2.45) is 5.16 Å². The second-order valence-electron chi connectivity index (χ2n) is 15.5. The molecule has 53 heavy (non-hydrogen) atoms. The van der Waals surface area contributed by atoms with Gasteiger partial charge in [0.1, 0.15) is 28.6 Å². The summed E-state index contributed by atoms with van der Waals surface area (Å²) >= 11 is 0.889. The number of carbonyl (C=O) groups excluding carboxylic acids is 5. The van der Waals surface area contributed by atoms with Gasteiger partial charge in [-0.25, -0.2) is 23.6 Å². The van der Waals surface area contributed by atoms with Crippen LogP contribution in [0.5, 0.6) is 0 Å². The Morgan fingerprint density at radius 2 is 1.66 bits per heavy atom. The SMILES string of the molecule is CC(C)(C)OC(=O)Nc1nc(C(=NOC(C)(C)C(=O)OC(C)(C)C)C(=O)N[C@@H]2C(=O)N(S(=O)(=O)O)[C@@H]2Cn2cc(CNC(=O)C[N+](C)(C)C)nn2)cs1. The second kappa shape index (κ2) is 15.7. The standard InChI is InChI=1S/C30H46N10O11S2/c1-28(2,3)49-25(44)30(7,8)51-36-21(18-16-52-26(32-18)34-27(45)50-29(4,5)6)23(42)33-22-19(39(24(22)43)53(46,47)48)14-38-13-17(35-37-38)12-31-20(41)15-40(9,10)11/h13,16,19,22H,12,14-15H2,1-11H3,(H3-,31,32,33,34,41,42,45,46,47,48)/p+1/t19-,22+/m1/s1. The molecule has 0 spiro atoms. The van der Waals surface area contributed by atoms with Gasteiger partial charge in [0.2, 0.25) is 5.60 Å². The zero-order chi connectivity index (χ0) is 40.3. The van der Waals surface area contributed by atoms with E-state index in [0.29, 0.717) is 10.2 Å². The van der Waals surface area contributed by atoms with Crippen molar-refractivity contribution >= 4 is 62.3 Å². The van der Waals surface area contributed by atoms with Gasteiger partial charge >= 0.3 is 22.4 Å². The lowest BCUT2D eigenvalue weighted by Crippen LogP contribution is -2.73. The number of carbonyl (C=O) groups is 5. The first-order valence-corrected chi connectivity index (χ1v) is 18.4. The van der Waals surface area contributed by atoms with E-state index in [1.165, 1.54) is 30.1 Å². The highest BCUT2D eigenvalue weighted by atomic mass is 32.2. The van der Waals surface area contributed by atoms with Crippen LogP contribution in [0.3, 0.4) is 0 Å². The fourth-order valence-electron chi connectivity index (χ4n) is 4.36. The molecule has 3 rings (SSSR count). The number of hydrogen-bond donors (Lipinski definition) is 4. The molecule has 1 aliphatic heterocycles. The highest BCUT2D eigenvalue weighted by molar-refractivity contribution is 7.84. The molecular formula is C30H47N10O11S2+. The van der Waals surface area contributed by atoms with Crippen molar-refractivity contribution in [2.75, 3.05) is 33.0 Å². The number of aromatic nitrogens is 4.